The number of nitrogens with one attached hydrogen (secondary N) is 2. The van der Waals surface area contributed by atoms with Crippen molar-refractivity contribution >= 4 is 21.6 Å². The maximum Gasteiger partial charge on any atom is 0.247 e. The Labute approximate surface area is 209 Å². The molecular formula is C26H37N3O5S. The van der Waals surface area contributed by atoms with Gasteiger partial charge in [-0.25, -0.2) is 8.42 Å². The SMILES string of the molecule is COc1ccc([C@H](Nc2ccc(S(=O)(=O)N3CCCC[C@H]3C)cc2)C(=O)NC(C)(C)C)cc1OC. The molecule has 2 atom stereocenters. The molecule has 2 N–H and O–H groups in total. The van der Waals surface area contributed by atoms with Gasteiger partial charge < -0.3 is 20.1 Å². The van der Waals surface area contributed by atoms with Crippen LogP contribution in [0.4, 0.5) is 5.69 Å². The molecule has 192 valence electrons. The Morgan fingerprint density at radius 2 is 1.69 bits per heavy atom. The van der Waals surface area contributed by atoms with Gasteiger partial charge in [0.1, 0.15) is 6.04 Å². The van der Waals surface area contributed by atoms with E-state index in [0.29, 0.717) is 29.3 Å². The minimum Gasteiger partial charge on any atom is -0.493 e. The van der Waals surface area contributed by atoms with E-state index in [2.05, 4.69) is 10.6 Å². The van der Waals surface area contributed by atoms with Gasteiger partial charge in [0.25, 0.3) is 0 Å². The Bertz CT molecular complexity index is 1130. The number of sulfonamides is 1. The molecule has 0 bridgehead atoms. The van der Waals surface area contributed by atoms with E-state index in [9.17, 15) is 13.2 Å². The van der Waals surface area contributed by atoms with Gasteiger partial charge in [-0.05, 0) is 82.5 Å². The van der Waals surface area contributed by atoms with Crippen molar-refractivity contribution in [3.05, 3.63) is 48.0 Å². The predicted octanol–water partition coefficient (Wildman–Crippen LogP) is 4.33. The number of carbonyl (C=O) groups is 1. The van der Waals surface area contributed by atoms with Crippen LogP contribution in [0.1, 0.15) is 58.6 Å². The van der Waals surface area contributed by atoms with Gasteiger partial charge in [0, 0.05) is 23.8 Å². The second kappa shape index (κ2) is 10.9. The van der Waals surface area contributed by atoms with E-state index in [1.807, 2.05) is 27.7 Å². The van der Waals surface area contributed by atoms with Crippen molar-refractivity contribution in [2.24, 2.45) is 0 Å². The molecule has 1 aliphatic heterocycles. The van der Waals surface area contributed by atoms with E-state index in [1.54, 1.807) is 61.0 Å². The highest BCUT2D eigenvalue weighted by Crippen LogP contribution is 2.32. The van der Waals surface area contributed by atoms with Crippen molar-refractivity contribution in [3.63, 3.8) is 0 Å². The third-order valence-corrected chi connectivity index (χ3v) is 8.04. The lowest BCUT2D eigenvalue weighted by Gasteiger charge is -2.32. The lowest BCUT2D eigenvalue weighted by Crippen LogP contribution is -2.44. The average molecular weight is 504 g/mol. The zero-order valence-corrected chi connectivity index (χ0v) is 22.2. The Balaban J connectivity index is 1.89. The molecule has 0 saturated carbocycles. The van der Waals surface area contributed by atoms with Gasteiger partial charge in [-0.2, -0.15) is 4.31 Å². The van der Waals surface area contributed by atoms with Gasteiger partial charge in [0.05, 0.1) is 19.1 Å². The van der Waals surface area contributed by atoms with Gasteiger partial charge >= 0.3 is 0 Å². The van der Waals surface area contributed by atoms with Crippen molar-refractivity contribution in [2.75, 3.05) is 26.1 Å². The van der Waals surface area contributed by atoms with Crippen LogP contribution in [0.15, 0.2) is 47.4 Å². The normalized spacial score (nSPS) is 17.9. The van der Waals surface area contributed by atoms with Crippen LogP contribution < -0.4 is 20.1 Å². The van der Waals surface area contributed by atoms with Crippen LogP contribution in [0.2, 0.25) is 0 Å². The molecule has 35 heavy (non-hydrogen) atoms. The molecule has 0 spiro atoms. The number of amides is 1. The minimum atomic E-state index is -3.57. The zero-order chi connectivity index (χ0) is 25.8. The molecule has 0 radical (unpaired) electrons. The summed E-state index contributed by atoms with van der Waals surface area (Å²) < 4.78 is 38.7. The topological polar surface area (TPSA) is 97.0 Å². The monoisotopic (exact) mass is 503 g/mol. The summed E-state index contributed by atoms with van der Waals surface area (Å²) in [6, 6.07) is 11.1. The van der Waals surface area contributed by atoms with Crippen molar-refractivity contribution in [3.8, 4) is 11.5 Å². The van der Waals surface area contributed by atoms with Gasteiger partial charge in [0.2, 0.25) is 15.9 Å². The summed E-state index contributed by atoms with van der Waals surface area (Å²) in [5, 5.41) is 6.27. The molecule has 1 amide bonds. The molecule has 0 aromatic heterocycles. The van der Waals surface area contributed by atoms with E-state index in [4.69, 9.17) is 9.47 Å². The Morgan fingerprint density at radius 3 is 2.26 bits per heavy atom. The lowest BCUT2D eigenvalue weighted by molar-refractivity contribution is -0.123. The number of ether oxygens (including phenoxy) is 2. The minimum absolute atomic E-state index is 0.0120. The first-order valence-electron chi connectivity index (χ1n) is 11.9. The highest BCUT2D eigenvalue weighted by molar-refractivity contribution is 7.89. The number of hydrogen-bond donors (Lipinski definition) is 2. The standard InChI is InChI=1S/C26H37N3O5S/c1-18-9-7-8-16-29(18)35(31,32)21-13-11-20(12-14-21)27-24(25(30)28-26(2,3)4)19-10-15-22(33-5)23(17-19)34-6/h10-15,17-18,24,27H,7-9,16H2,1-6H3,(H,28,30)/t18-,24+/m1/s1. The van der Waals surface area contributed by atoms with E-state index in [1.165, 1.54) is 0 Å². The summed E-state index contributed by atoms with van der Waals surface area (Å²) >= 11 is 0. The number of methoxy groups -OCH3 is 2. The van der Waals surface area contributed by atoms with E-state index >= 15 is 0 Å². The van der Waals surface area contributed by atoms with Crippen molar-refractivity contribution in [1.29, 1.82) is 0 Å². The summed E-state index contributed by atoms with van der Waals surface area (Å²) in [6.07, 6.45) is 2.79. The molecule has 1 saturated heterocycles. The highest BCUT2D eigenvalue weighted by atomic mass is 32.2. The van der Waals surface area contributed by atoms with Crippen LogP contribution in [-0.4, -0.2) is 51.0 Å². The van der Waals surface area contributed by atoms with Crippen LogP contribution >= 0.6 is 0 Å². The predicted molar refractivity (Wildman–Crippen MR) is 137 cm³/mol. The van der Waals surface area contributed by atoms with Crippen LogP contribution in [0.3, 0.4) is 0 Å². The number of anilines is 1. The quantitative estimate of drug-likeness (QED) is 0.556. The summed E-state index contributed by atoms with van der Waals surface area (Å²) in [6.45, 7) is 8.24. The first-order valence-corrected chi connectivity index (χ1v) is 13.3. The second-order valence-corrected chi connectivity index (χ2v) is 11.8. The molecule has 0 unspecified atom stereocenters. The molecule has 2 aromatic rings. The number of rotatable bonds is 8. The van der Waals surface area contributed by atoms with Crippen LogP contribution in [0.25, 0.3) is 0 Å². The third-order valence-electron chi connectivity index (χ3n) is 6.02. The Kier molecular flexibility index (Phi) is 8.33. The highest BCUT2D eigenvalue weighted by Gasteiger charge is 2.31. The molecule has 2 aromatic carbocycles. The summed E-state index contributed by atoms with van der Waals surface area (Å²) in [5.74, 6) is 0.855. The zero-order valence-electron chi connectivity index (χ0n) is 21.4. The molecule has 1 fully saturated rings. The van der Waals surface area contributed by atoms with Crippen LogP contribution in [0, 0.1) is 0 Å². The van der Waals surface area contributed by atoms with Gasteiger partial charge in [-0.3, -0.25) is 4.79 Å². The summed E-state index contributed by atoms with van der Waals surface area (Å²) in [7, 11) is -0.471. The number of piperidine rings is 1. The summed E-state index contributed by atoms with van der Waals surface area (Å²) in [4.78, 5) is 13.5. The lowest BCUT2D eigenvalue weighted by atomic mass is 10.0. The summed E-state index contributed by atoms with van der Waals surface area (Å²) in [5.41, 5.74) is 0.874. The Hall–Kier alpha value is -2.78. The average Bonchev–Trinajstić information content (AvgIpc) is 2.81. The van der Waals surface area contributed by atoms with Crippen molar-refractivity contribution < 1.29 is 22.7 Å². The number of benzene rings is 2. The van der Waals surface area contributed by atoms with E-state index < -0.39 is 21.6 Å². The first-order chi connectivity index (χ1) is 16.5. The second-order valence-electron chi connectivity index (χ2n) is 9.92. The fourth-order valence-corrected chi connectivity index (χ4v) is 5.93. The van der Waals surface area contributed by atoms with Gasteiger partial charge in [0.15, 0.2) is 11.5 Å². The third kappa shape index (κ3) is 6.46. The van der Waals surface area contributed by atoms with Crippen molar-refractivity contribution in [1.82, 2.24) is 9.62 Å². The van der Waals surface area contributed by atoms with Crippen LogP contribution in [0.5, 0.6) is 11.5 Å². The van der Waals surface area contributed by atoms with Crippen LogP contribution in [-0.2, 0) is 14.8 Å². The van der Waals surface area contributed by atoms with E-state index in [0.717, 1.165) is 19.3 Å². The molecule has 0 aliphatic carbocycles. The molecule has 3 rings (SSSR count). The van der Waals surface area contributed by atoms with Gasteiger partial charge in [-0.15, -0.1) is 0 Å². The van der Waals surface area contributed by atoms with Crippen molar-refractivity contribution in [2.45, 2.75) is 69.5 Å². The number of carbonyl (C=O) groups excluding carboxylic acids is 1. The maximum absolute atomic E-state index is 13.2. The molecule has 9 heteroatoms. The molecule has 1 heterocycles. The smallest absolute Gasteiger partial charge is 0.247 e. The Morgan fingerprint density at radius 1 is 1.03 bits per heavy atom. The van der Waals surface area contributed by atoms with Gasteiger partial charge in [-0.1, -0.05) is 12.5 Å². The molecular weight excluding hydrogens is 466 g/mol. The molecule has 1 aliphatic rings. The fourth-order valence-electron chi connectivity index (χ4n) is 4.23. The number of hydrogen-bond acceptors (Lipinski definition) is 6. The fraction of sp³-hybridized carbons (Fsp3) is 0.500. The maximum atomic E-state index is 13.2. The van der Waals surface area contributed by atoms with E-state index in [-0.39, 0.29) is 16.8 Å². The number of nitrogens with zero attached hydrogens (tertiary/aromatic N) is 1. The first kappa shape index (κ1) is 26.8. The molecule has 8 nitrogen and oxygen atoms in total. The largest absolute Gasteiger partial charge is 0.493 e.